The number of nitrogens with one attached hydrogen (secondary N) is 1. The van der Waals surface area contributed by atoms with E-state index >= 15 is 0 Å². The number of hydrogen-bond donors (Lipinski definition) is 2. The fourth-order valence-corrected chi connectivity index (χ4v) is 3.62. The van der Waals surface area contributed by atoms with Crippen LogP contribution in [0.5, 0.6) is 0 Å². The zero-order chi connectivity index (χ0) is 20.3. The largest absolute Gasteiger partial charge is 0.440 e. The first-order valence-corrected chi connectivity index (χ1v) is 9.39. The molecular formula is C17H20FN5O4S. The van der Waals surface area contributed by atoms with Gasteiger partial charge in [-0.3, -0.25) is 10.1 Å². The number of carbonyl (C=O) groups excluding carboxylic acids is 2. The first-order chi connectivity index (χ1) is 13.3. The first kappa shape index (κ1) is 20.0. The minimum Gasteiger partial charge on any atom is -0.440 e. The summed E-state index contributed by atoms with van der Waals surface area (Å²) in [5, 5.41) is 1.81. The lowest BCUT2D eigenvalue weighted by Crippen LogP contribution is -2.45. The van der Waals surface area contributed by atoms with Crippen LogP contribution in [0, 0.1) is 5.13 Å². The van der Waals surface area contributed by atoms with Crippen LogP contribution in [0.1, 0.15) is 13.8 Å². The highest BCUT2D eigenvalue weighted by Gasteiger charge is 2.24. The molecule has 0 aliphatic carbocycles. The topological polar surface area (TPSA) is 120 Å². The van der Waals surface area contributed by atoms with Crippen molar-refractivity contribution in [3.8, 4) is 11.4 Å². The lowest BCUT2D eigenvalue weighted by molar-refractivity contribution is -0.118. The van der Waals surface area contributed by atoms with E-state index in [2.05, 4.69) is 24.9 Å². The summed E-state index contributed by atoms with van der Waals surface area (Å²) < 4.78 is 24.5. The van der Waals surface area contributed by atoms with Crippen molar-refractivity contribution >= 4 is 34.3 Å². The summed E-state index contributed by atoms with van der Waals surface area (Å²) in [4.78, 5) is 32.9. The van der Waals surface area contributed by atoms with Crippen molar-refractivity contribution < 1.29 is 23.5 Å². The molecular weight excluding hydrogens is 389 g/mol. The van der Waals surface area contributed by atoms with Crippen molar-refractivity contribution in [3.63, 3.8) is 0 Å². The number of anilines is 2. The number of morpholine rings is 1. The molecule has 0 radical (unpaired) electrons. The van der Waals surface area contributed by atoms with Gasteiger partial charge in [0, 0.05) is 13.1 Å². The number of ether oxygens (including phenoxy) is 2. The second kappa shape index (κ2) is 8.48. The van der Waals surface area contributed by atoms with Gasteiger partial charge in [0.15, 0.2) is 11.7 Å². The Bertz CT molecular complexity index is 867. The number of primary amides is 1. The number of rotatable bonds is 5. The molecule has 2 unspecified atom stereocenters. The Hall–Kier alpha value is -2.79. The summed E-state index contributed by atoms with van der Waals surface area (Å²) in [5.74, 6) is 0.0319. The number of amides is 2. The number of carbonyl (C=O) groups is 2. The van der Waals surface area contributed by atoms with E-state index in [0.29, 0.717) is 35.9 Å². The van der Waals surface area contributed by atoms with E-state index in [1.807, 2.05) is 19.9 Å². The van der Waals surface area contributed by atoms with Crippen LogP contribution in [0.3, 0.4) is 0 Å². The molecule has 1 fully saturated rings. The molecule has 3 rings (SSSR count). The molecule has 3 N–H and O–H groups in total. The van der Waals surface area contributed by atoms with Gasteiger partial charge in [-0.25, -0.2) is 14.8 Å². The van der Waals surface area contributed by atoms with E-state index in [-0.39, 0.29) is 23.0 Å². The number of pyridine rings is 1. The van der Waals surface area contributed by atoms with E-state index in [4.69, 9.17) is 10.5 Å². The third-order valence-corrected chi connectivity index (χ3v) is 4.66. The van der Waals surface area contributed by atoms with E-state index in [1.165, 1.54) is 0 Å². The maximum atomic E-state index is 14.4. The van der Waals surface area contributed by atoms with E-state index in [9.17, 15) is 14.0 Å². The molecule has 0 spiro atoms. The van der Waals surface area contributed by atoms with Crippen LogP contribution in [-0.2, 0) is 14.3 Å². The van der Waals surface area contributed by atoms with Crippen molar-refractivity contribution in [1.29, 1.82) is 0 Å². The molecule has 2 aromatic heterocycles. The monoisotopic (exact) mass is 409 g/mol. The van der Waals surface area contributed by atoms with Crippen molar-refractivity contribution in [2.24, 2.45) is 5.73 Å². The molecule has 9 nitrogen and oxygen atoms in total. The quantitative estimate of drug-likeness (QED) is 0.775. The molecule has 0 bridgehead atoms. The van der Waals surface area contributed by atoms with Gasteiger partial charge in [-0.1, -0.05) is 17.4 Å². The van der Waals surface area contributed by atoms with E-state index in [1.54, 1.807) is 12.1 Å². The lowest BCUT2D eigenvalue weighted by Gasteiger charge is -2.36. The Morgan fingerprint density at radius 1 is 1.36 bits per heavy atom. The average molecular weight is 409 g/mol. The molecule has 150 valence electrons. The zero-order valence-electron chi connectivity index (χ0n) is 15.3. The molecule has 0 aromatic carbocycles. The summed E-state index contributed by atoms with van der Waals surface area (Å²) >= 11 is 0.659. The van der Waals surface area contributed by atoms with Gasteiger partial charge >= 0.3 is 6.09 Å². The van der Waals surface area contributed by atoms with Crippen LogP contribution in [-0.4, -0.2) is 53.9 Å². The van der Waals surface area contributed by atoms with Crippen LogP contribution < -0.4 is 16.0 Å². The molecule has 1 saturated heterocycles. The summed E-state index contributed by atoms with van der Waals surface area (Å²) in [6.07, 6.45) is -0.946. The fourth-order valence-electron chi connectivity index (χ4n) is 2.90. The van der Waals surface area contributed by atoms with Gasteiger partial charge in [-0.15, -0.1) is 0 Å². The van der Waals surface area contributed by atoms with Crippen LogP contribution in [0.2, 0.25) is 0 Å². The first-order valence-electron chi connectivity index (χ1n) is 8.58. The fraction of sp³-hybridized carbons (Fsp3) is 0.412. The molecule has 1 aliphatic rings. The minimum absolute atomic E-state index is 0.0337. The number of halogens is 1. The third kappa shape index (κ3) is 4.93. The predicted molar refractivity (Wildman–Crippen MR) is 102 cm³/mol. The molecule has 2 aromatic rings. The Kier molecular flexibility index (Phi) is 6.05. The highest BCUT2D eigenvalue weighted by molar-refractivity contribution is 7.14. The number of nitrogens with zero attached hydrogens (tertiary/aromatic N) is 3. The average Bonchev–Trinajstić information content (AvgIpc) is 2.99. The summed E-state index contributed by atoms with van der Waals surface area (Å²) in [5.41, 5.74) is 5.19. The molecule has 3 heterocycles. The second-order valence-electron chi connectivity index (χ2n) is 6.34. The summed E-state index contributed by atoms with van der Waals surface area (Å²) in [6.45, 7) is 4.77. The maximum Gasteiger partial charge on any atom is 0.405 e. The Morgan fingerprint density at radius 2 is 2.07 bits per heavy atom. The van der Waals surface area contributed by atoms with Crippen LogP contribution in [0.25, 0.3) is 11.4 Å². The Morgan fingerprint density at radius 3 is 2.75 bits per heavy atom. The lowest BCUT2D eigenvalue weighted by atomic mass is 10.2. The van der Waals surface area contributed by atoms with Gasteiger partial charge in [0.05, 0.1) is 17.9 Å². The maximum absolute atomic E-state index is 14.4. The molecule has 11 heteroatoms. The molecule has 2 amide bonds. The third-order valence-electron chi connectivity index (χ3n) is 3.90. The van der Waals surface area contributed by atoms with Gasteiger partial charge in [-0.05, 0) is 26.0 Å². The SMILES string of the molecule is CC1CN(c2cccc(-c3nc(NC(=O)COC(N)=O)sc3F)n2)CC(C)O1. The normalized spacial score (nSPS) is 19.3. The van der Waals surface area contributed by atoms with Gasteiger partial charge in [0.1, 0.15) is 11.5 Å². The predicted octanol–water partition coefficient (Wildman–Crippen LogP) is 1.99. The van der Waals surface area contributed by atoms with Crippen molar-refractivity contribution in [2.75, 3.05) is 29.9 Å². The minimum atomic E-state index is -1.08. The molecule has 28 heavy (non-hydrogen) atoms. The number of aromatic nitrogens is 2. The number of hydrogen-bond acceptors (Lipinski definition) is 8. The van der Waals surface area contributed by atoms with Gasteiger partial charge in [0.2, 0.25) is 5.13 Å². The van der Waals surface area contributed by atoms with Crippen LogP contribution in [0.15, 0.2) is 18.2 Å². The number of thiazole rings is 1. The smallest absolute Gasteiger partial charge is 0.405 e. The van der Waals surface area contributed by atoms with Crippen LogP contribution in [0.4, 0.5) is 20.1 Å². The highest BCUT2D eigenvalue weighted by Crippen LogP contribution is 2.30. The van der Waals surface area contributed by atoms with Gasteiger partial charge in [-0.2, -0.15) is 4.39 Å². The summed E-state index contributed by atoms with van der Waals surface area (Å²) in [6, 6.07) is 5.28. The zero-order valence-corrected chi connectivity index (χ0v) is 16.2. The Labute approximate surface area is 164 Å². The van der Waals surface area contributed by atoms with Crippen molar-refractivity contribution in [2.45, 2.75) is 26.1 Å². The van der Waals surface area contributed by atoms with Crippen molar-refractivity contribution in [1.82, 2.24) is 9.97 Å². The number of nitrogens with two attached hydrogens (primary N) is 1. The van der Waals surface area contributed by atoms with Gasteiger partial charge < -0.3 is 20.1 Å². The van der Waals surface area contributed by atoms with Gasteiger partial charge in [0.25, 0.3) is 5.91 Å². The second-order valence-corrected chi connectivity index (χ2v) is 7.29. The standard InChI is InChI=1S/C17H20FN5O4S/c1-9-6-23(7-10(2)27-9)12-5-3-4-11(20-12)14-15(18)28-17(22-14)21-13(24)8-26-16(19)25/h3-5,9-10H,6-8H2,1-2H3,(H2,19,25)(H,21,22,24). The molecule has 0 saturated carbocycles. The summed E-state index contributed by atoms with van der Waals surface area (Å²) in [7, 11) is 0. The van der Waals surface area contributed by atoms with E-state index < -0.39 is 23.7 Å². The van der Waals surface area contributed by atoms with Crippen molar-refractivity contribution in [3.05, 3.63) is 23.3 Å². The Balaban J connectivity index is 1.76. The van der Waals surface area contributed by atoms with Crippen LogP contribution >= 0.6 is 11.3 Å². The molecule has 2 atom stereocenters. The molecule has 1 aliphatic heterocycles. The van der Waals surface area contributed by atoms with E-state index in [0.717, 1.165) is 0 Å². The highest BCUT2D eigenvalue weighted by atomic mass is 32.1.